The molecule has 6 aromatic rings. The summed E-state index contributed by atoms with van der Waals surface area (Å²) < 4.78 is 3.33. The molecule has 4 heterocycles. The summed E-state index contributed by atoms with van der Waals surface area (Å²) in [5.74, 6) is 0. The van der Waals surface area contributed by atoms with Crippen molar-refractivity contribution in [2.24, 2.45) is 7.05 Å². The summed E-state index contributed by atoms with van der Waals surface area (Å²) in [7, 11) is 1.77. The van der Waals surface area contributed by atoms with Crippen LogP contribution in [-0.4, -0.2) is 24.1 Å². The lowest BCUT2D eigenvalue weighted by atomic mass is 9.99. The van der Waals surface area contributed by atoms with Crippen LogP contribution in [0.2, 0.25) is 0 Å². The van der Waals surface area contributed by atoms with E-state index in [2.05, 4.69) is 39.2 Å². The lowest BCUT2D eigenvalue weighted by Gasteiger charge is -2.09. The van der Waals surface area contributed by atoms with E-state index >= 15 is 0 Å². The van der Waals surface area contributed by atoms with Gasteiger partial charge in [-0.15, -0.1) is 0 Å². The highest BCUT2D eigenvalue weighted by Gasteiger charge is 2.17. The fourth-order valence-corrected chi connectivity index (χ4v) is 4.24. The Hall–Kier alpha value is -4.32. The molecule has 0 aliphatic carbocycles. The normalized spacial score (nSPS) is 11.5. The molecule has 0 aliphatic rings. The van der Waals surface area contributed by atoms with E-state index in [1.807, 2.05) is 42.7 Å². The summed E-state index contributed by atoms with van der Waals surface area (Å²) >= 11 is 0. The highest BCUT2D eigenvalue weighted by molar-refractivity contribution is 6.06. The summed E-state index contributed by atoms with van der Waals surface area (Å²) in [6.45, 7) is 0. The Bertz CT molecular complexity index is 1660. The van der Waals surface area contributed by atoms with Crippen molar-refractivity contribution in [1.29, 1.82) is 0 Å². The van der Waals surface area contributed by atoms with Crippen molar-refractivity contribution in [3.8, 4) is 16.8 Å². The van der Waals surface area contributed by atoms with Gasteiger partial charge in [0.15, 0.2) is 0 Å². The zero-order valence-corrected chi connectivity index (χ0v) is 16.7. The molecule has 0 saturated carbocycles. The van der Waals surface area contributed by atoms with E-state index in [4.69, 9.17) is 0 Å². The van der Waals surface area contributed by atoms with Gasteiger partial charge in [-0.1, -0.05) is 30.3 Å². The minimum Gasteiger partial charge on any atom is -0.293 e. The van der Waals surface area contributed by atoms with Crippen LogP contribution < -0.4 is 5.69 Å². The van der Waals surface area contributed by atoms with E-state index in [1.165, 1.54) is 0 Å². The third-order valence-electron chi connectivity index (χ3n) is 5.77. The standard InChI is InChI=1S/C25H17N5O/c1-29-23-15-28-22-9-8-16(21-14-27-12-17-5-2-3-7-19(17)21)11-20(22)24(23)30(25(29)31)18-6-4-10-26-13-18/h2-15H,1H3. The first-order chi connectivity index (χ1) is 15.2. The molecule has 6 heteroatoms. The molecule has 0 fully saturated rings. The van der Waals surface area contributed by atoms with Gasteiger partial charge in [0.05, 0.1) is 34.6 Å². The van der Waals surface area contributed by atoms with Crippen molar-refractivity contribution >= 4 is 32.7 Å². The van der Waals surface area contributed by atoms with Gasteiger partial charge in [-0.2, -0.15) is 0 Å². The van der Waals surface area contributed by atoms with Crippen LogP contribution in [0.3, 0.4) is 0 Å². The van der Waals surface area contributed by atoms with E-state index in [9.17, 15) is 4.79 Å². The minimum atomic E-state index is -0.130. The molecule has 0 amide bonds. The molecule has 0 radical (unpaired) electrons. The molecule has 4 aromatic heterocycles. The van der Waals surface area contributed by atoms with E-state index in [1.54, 1.807) is 34.8 Å². The van der Waals surface area contributed by atoms with E-state index < -0.39 is 0 Å². The van der Waals surface area contributed by atoms with Crippen molar-refractivity contribution in [1.82, 2.24) is 24.1 Å². The molecular formula is C25H17N5O. The van der Waals surface area contributed by atoms with Crippen LogP contribution in [0, 0.1) is 0 Å². The highest BCUT2D eigenvalue weighted by atomic mass is 16.1. The fourth-order valence-electron chi connectivity index (χ4n) is 4.24. The number of aromatic nitrogens is 5. The number of fused-ring (bicyclic) bond motifs is 4. The van der Waals surface area contributed by atoms with Gasteiger partial charge in [0, 0.05) is 42.0 Å². The molecule has 2 aromatic carbocycles. The molecule has 0 unspecified atom stereocenters. The van der Waals surface area contributed by atoms with Gasteiger partial charge >= 0.3 is 5.69 Å². The second kappa shape index (κ2) is 6.60. The second-order valence-electron chi connectivity index (χ2n) is 7.52. The zero-order valence-electron chi connectivity index (χ0n) is 16.7. The third-order valence-corrected chi connectivity index (χ3v) is 5.77. The van der Waals surface area contributed by atoms with Crippen molar-refractivity contribution < 1.29 is 0 Å². The smallest absolute Gasteiger partial charge is 0.293 e. The Morgan fingerprint density at radius 1 is 0.839 bits per heavy atom. The van der Waals surface area contributed by atoms with E-state index in [0.717, 1.165) is 49.5 Å². The molecule has 0 bridgehead atoms. The zero-order chi connectivity index (χ0) is 20.9. The van der Waals surface area contributed by atoms with Crippen molar-refractivity contribution in [3.63, 3.8) is 0 Å². The molecule has 6 rings (SSSR count). The van der Waals surface area contributed by atoms with Crippen molar-refractivity contribution in [2.45, 2.75) is 0 Å². The third kappa shape index (κ3) is 2.58. The number of pyridine rings is 3. The maximum absolute atomic E-state index is 13.1. The monoisotopic (exact) mass is 403 g/mol. The minimum absolute atomic E-state index is 0.130. The molecule has 0 atom stereocenters. The van der Waals surface area contributed by atoms with E-state index in [-0.39, 0.29) is 5.69 Å². The summed E-state index contributed by atoms with van der Waals surface area (Å²) in [5, 5.41) is 3.13. The van der Waals surface area contributed by atoms with E-state index in [0.29, 0.717) is 0 Å². The SMILES string of the molecule is Cn1c(=O)n(-c2cccnc2)c2c3cc(-c4cncc5ccccc45)ccc3ncc21. The van der Waals surface area contributed by atoms with Gasteiger partial charge in [-0.3, -0.25) is 24.1 Å². The first-order valence-electron chi connectivity index (χ1n) is 9.96. The quantitative estimate of drug-likeness (QED) is 0.427. The number of nitrogens with zero attached hydrogens (tertiary/aromatic N) is 5. The predicted octanol–water partition coefficient (Wildman–Crippen LogP) is 4.49. The van der Waals surface area contributed by atoms with Gasteiger partial charge in [0.25, 0.3) is 0 Å². The van der Waals surface area contributed by atoms with Gasteiger partial charge in [0.2, 0.25) is 0 Å². The lowest BCUT2D eigenvalue weighted by Crippen LogP contribution is -2.20. The molecule has 0 aliphatic heterocycles. The van der Waals surface area contributed by atoms with Gasteiger partial charge in [0.1, 0.15) is 0 Å². The number of rotatable bonds is 2. The fraction of sp³-hybridized carbons (Fsp3) is 0.0400. The highest BCUT2D eigenvalue weighted by Crippen LogP contribution is 2.32. The number of hydrogen-bond acceptors (Lipinski definition) is 4. The maximum Gasteiger partial charge on any atom is 0.333 e. The molecule has 0 spiro atoms. The van der Waals surface area contributed by atoms with Crippen molar-refractivity contribution in [2.75, 3.05) is 0 Å². The molecule has 0 saturated heterocycles. The largest absolute Gasteiger partial charge is 0.333 e. The van der Waals surface area contributed by atoms with Crippen LogP contribution in [-0.2, 0) is 7.05 Å². The Morgan fingerprint density at radius 3 is 2.61 bits per heavy atom. The topological polar surface area (TPSA) is 65.6 Å². The number of benzene rings is 2. The number of hydrogen-bond donors (Lipinski definition) is 0. The van der Waals surface area contributed by atoms with Gasteiger partial charge in [-0.25, -0.2) is 4.79 Å². The molecule has 6 nitrogen and oxygen atoms in total. The average Bonchev–Trinajstić information content (AvgIpc) is 3.09. The number of aryl methyl sites for hydroxylation is 1. The second-order valence-corrected chi connectivity index (χ2v) is 7.52. The van der Waals surface area contributed by atoms with Crippen LogP contribution in [0.4, 0.5) is 0 Å². The Balaban J connectivity index is 1.72. The average molecular weight is 403 g/mol. The van der Waals surface area contributed by atoms with Crippen LogP contribution in [0.5, 0.6) is 0 Å². The maximum atomic E-state index is 13.1. The summed E-state index contributed by atoms with van der Waals surface area (Å²) in [6.07, 6.45) is 8.91. The van der Waals surface area contributed by atoms with Crippen LogP contribution in [0.15, 0.2) is 90.4 Å². The first kappa shape index (κ1) is 17.5. The predicted molar refractivity (Wildman–Crippen MR) is 122 cm³/mol. The van der Waals surface area contributed by atoms with Gasteiger partial charge in [-0.05, 0) is 35.2 Å². The Labute approximate surface area is 177 Å². The lowest BCUT2D eigenvalue weighted by molar-refractivity contribution is 0.844. The number of imidazole rings is 1. The van der Waals surface area contributed by atoms with Crippen LogP contribution in [0.1, 0.15) is 0 Å². The van der Waals surface area contributed by atoms with Crippen LogP contribution in [0.25, 0.3) is 49.5 Å². The summed E-state index contributed by atoms with van der Waals surface area (Å²) in [5.41, 5.74) is 5.09. The summed E-state index contributed by atoms with van der Waals surface area (Å²) in [4.78, 5) is 26.4. The Morgan fingerprint density at radius 2 is 1.74 bits per heavy atom. The molecular weight excluding hydrogens is 386 g/mol. The van der Waals surface area contributed by atoms with Crippen LogP contribution >= 0.6 is 0 Å². The first-order valence-corrected chi connectivity index (χ1v) is 9.96. The molecule has 0 N–H and O–H groups in total. The molecule has 148 valence electrons. The summed E-state index contributed by atoms with van der Waals surface area (Å²) in [6, 6.07) is 18.1. The Kier molecular flexibility index (Phi) is 3.73. The van der Waals surface area contributed by atoms with Gasteiger partial charge < -0.3 is 0 Å². The molecule has 31 heavy (non-hydrogen) atoms. The van der Waals surface area contributed by atoms with Crippen molar-refractivity contribution in [3.05, 3.63) is 96.1 Å².